The average molecular weight is 237 g/mol. The Morgan fingerprint density at radius 3 is 2.53 bits per heavy atom. The third kappa shape index (κ3) is 3.63. The van der Waals surface area contributed by atoms with Crippen LogP contribution in [0.1, 0.15) is 36.2 Å². The molecule has 1 aromatic carbocycles. The molecule has 1 aromatic rings. The van der Waals surface area contributed by atoms with E-state index in [-0.39, 0.29) is 17.5 Å². The Hall–Kier alpha value is -1.22. The molecule has 0 amide bonds. The highest BCUT2D eigenvalue weighted by atomic mass is 19.1. The van der Waals surface area contributed by atoms with Gasteiger partial charge < -0.3 is 5.73 Å². The van der Waals surface area contributed by atoms with Gasteiger partial charge in [0.1, 0.15) is 5.82 Å². The van der Waals surface area contributed by atoms with Crippen LogP contribution in [-0.2, 0) is 0 Å². The third-order valence-electron chi connectivity index (χ3n) is 2.87. The Balaban J connectivity index is 2.90. The zero-order chi connectivity index (χ0) is 13.0. The molecule has 0 heterocycles. The summed E-state index contributed by atoms with van der Waals surface area (Å²) in [6.07, 6.45) is 0.741. The largest absolute Gasteiger partial charge is 0.330 e. The van der Waals surface area contributed by atoms with Gasteiger partial charge >= 0.3 is 0 Å². The number of hydrogen-bond donors (Lipinski definition) is 1. The van der Waals surface area contributed by atoms with Crippen LogP contribution in [0.25, 0.3) is 0 Å². The molecule has 0 fully saturated rings. The molecule has 0 aliphatic heterocycles. The highest BCUT2D eigenvalue weighted by molar-refractivity contribution is 5.98. The topological polar surface area (TPSA) is 43.1 Å². The van der Waals surface area contributed by atoms with Crippen molar-refractivity contribution in [3.8, 4) is 0 Å². The fraction of sp³-hybridized carbons (Fsp3) is 0.500. The van der Waals surface area contributed by atoms with Crippen molar-refractivity contribution >= 4 is 5.78 Å². The van der Waals surface area contributed by atoms with Crippen molar-refractivity contribution in [3.63, 3.8) is 0 Å². The van der Waals surface area contributed by atoms with Crippen LogP contribution >= 0.6 is 0 Å². The summed E-state index contributed by atoms with van der Waals surface area (Å²) < 4.78 is 13.4. The SMILES string of the molecule is Cc1ccc(C(=O)C(CN)CC(C)C)cc1F. The van der Waals surface area contributed by atoms with Gasteiger partial charge in [0.05, 0.1) is 0 Å². The smallest absolute Gasteiger partial charge is 0.167 e. The molecule has 3 heteroatoms. The Labute approximate surface area is 102 Å². The monoisotopic (exact) mass is 237 g/mol. The van der Waals surface area contributed by atoms with Gasteiger partial charge in [-0.25, -0.2) is 4.39 Å². The standard InChI is InChI=1S/C14H20FNO/c1-9(2)6-12(8-16)14(17)11-5-4-10(3)13(15)7-11/h4-5,7,9,12H,6,8,16H2,1-3H3. The number of ketones is 1. The zero-order valence-electron chi connectivity index (χ0n) is 10.7. The van der Waals surface area contributed by atoms with E-state index < -0.39 is 0 Å². The van der Waals surface area contributed by atoms with Crippen LogP contribution in [0.4, 0.5) is 4.39 Å². The van der Waals surface area contributed by atoms with Crippen LogP contribution in [0.5, 0.6) is 0 Å². The number of carbonyl (C=O) groups is 1. The summed E-state index contributed by atoms with van der Waals surface area (Å²) in [4.78, 5) is 12.1. The summed E-state index contributed by atoms with van der Waals surface area (Å²) >= 11 is 0. The molecule has 0 saturated carbocycles. The van der Waals surface area contributed by atoms with E-state index in [0.717, 1.165) is 6.42 Å². The van der Waals surface area contributed by atoms with Crippen LogP contribution in [0.15, 0.2) is 18.2 Å². The van der Waals surface area contributed by atoms with Crippen molar-refractivity contribution in [1.29, 1.82) is 0 Å². The van der Waals surface area contributed by atoms with Gasteiger partial charge in [0, 0.05) is 18.0 Å². The van der Waals surface area contributed by atoms with E-state index in [1.165, 1.54) is 6.07 Å². The van der Waals surface area contributed by atoms with E-state index in [9.17, 15) is 9.18 Å². The number of aryl methyl sites for hydroxylation is 1. The molecular formula is C14H20FNO. The van der Waals surface area contributed by atoms with Crippen LogP contribution in [0.2, 0.25) is 0 Å². The molecule has 0 aliphatic rings. The average Bonchev–Trinajstić information content (AvgIpc) is 2.28. The quantitative estimate of drug-likeness (QED) is 0.800. The third-order valence-corrected chi connectivity index (χ3v) is 2.87. The number of halogens is 1. The Kier molecular flexibility index (Phi) is 4.82. The van der Waals surface area contributed by atoms with E-state index in [1.54, 1.807) is 19.1 Å². The Morgan fingerprint density at radius 1 is 1.41 bits per heavy atom. The first kappa shape index (κ1) is 13.8. The molecular weight excluding hydrogens is 217 g/mol. The van der Waals surface area contributed by atoms with Gasteiger partial charge in [-0.3, -0.25) is 4.79 Å². The lowest BCUT2D eigenvalue weighted by Crippen LogP contribution is -2.25. The molecule has 1 atom stereocenters. The first-order valence-corrected chi connectivity index (χ1v) is 5.96. The van der Waals surface area contributed by atoms with E-state index in [1.807, 2.05) is 13.8 Å². The van der Waals surface area contributed by atoms with E-state index in [2.05, 4.69) is 0 Å². The lowest BCUT2D eigenvalue weighted by molar-refractivity contribution is 0.0908. The van der Waals surface area contributed by atoms with Crippen molar-refractivity contribution in [2.75, 3.05) is 6.54 Å². The van der Waals surface area contributed by atoms with Gasteiger partial charge in [-0.05, 0) is 30.9 Å². The summed E-state index contributed by atoms with van der Waals surface area (Å²) in [5.74, 6) is -0.198. The first-order valence-electron chi connectivity index (χ1n) is 5.96. The molecule has 2 nitrogen and oxygen atoms in total. The molecule has 0 spiro atoms. The highest BCUT2D eigenvalue weighted by Crippen LogP contribution is 2.18. The highest BCUT2D eigenvalue weighted by Gasteiger charge is 2.20. The minimum atomic E-state index is -0.337. The van der Waals surface area contributed by atoms with Crippen LogP contribution in [0, 0.1) is 24.6 Å². The van der Waals surface area contributed by atoms with Gasteiger partial charge in [-0.1, -0.05) is 26.0 Å². The lowest BCUT2D eigenvalue weighted by Gasteiger charge is -2.16. The fourth-order valence-electron chi connectivity index (χ4n) is 1.86. The van der Waals surface area contributed by atoms with Crippen LogP contribution < -0.4 is 5.73 Å². The molecule has 0 aliphatic carbocycles. The number of nitrogens with two attached hydrogens (primary N) is 1. The molecule has 1 unspecified atom stereocenters. The van der Waals surface area contributed by atoms with Gasteiger partial charge in [-0.15, -0.1) is 0 Å². The van der Waals surface area contributed by atoms with E-state index in [4.69, 9.17) is 5.73 Å². The predicted octanol–water partition coefficient (Wildman–Crippen LogP) is 2.94. The lowest BCUT2D eigenvalue weighted by atomic mass is 9.89. The number of hydrogen-bond acceptors (Lipinski definition) is 2. The van der Waals surface area contributed by atoms with Gasteiger partial charge in [-0.2, -0.15) is 0 Å². The molecule has 94 valence electrons. The predicted molar refractivity (Wildman–Crippen MR) is 67.5 cm³/mol. The number of benzene rings is 1. The second kappa shape index (κ2) is 5.92. The molecule has 0 radical (unpaired) electrons. The van der Waals surface area contributed by atoms with Crippen molar-refractivity contribution in [2.24, 2.45) is 17.6 Å². The maximum atomic E-state index is 13.4. The van der Waals surface area contributed by atoms with Crippen molar-refractivity contribution in [3.05, 3.63) is 35.1 Å². The molecule has 17 heavy (non-hydrogen) atoms. The first-order chi connectivity index (χ1) is 7.95. The Bertz CT molecular complexity index is 401. The van der Waals surface area contributed by atoms with E-state index in [0.29, 0.717) is 23.6 Å². The normalized spacial score (nSPS) is 12.8. The fourth-order valence-corrected chi connectivity index (χ4v) is 1.86. The number of carbonyl (C=O) groups excluding carboxylic acids is 1. The summed E-state index contributed by atoms with van der Waals surface area (Å²) in [7, 11) is 0. The van der Waals surface area contributed by atoms with Gasteiger partial charge in [0.15, 0.2) is 5.78 Å². The molecule has 0 bridgehead atoms. The summed E-state index contributed by atoms with van der Waals surface area (Å²) in [5, 5.41) is 0. The summed E-state index contributed by atoms with van der Waals surface area (Å²) in [6, 6.07) is 4.61. The minimum Gasteiger partial charge on any atom is -0.330 e. The minimum absolute atomic E-state index is 0.0555. The molecule has 1 rings (SSSR count). The van der Waals surface area contributed by atoms with E-state index >= 15 is 0 Å². The molecule has 0 aromatic heterocycles. The van der Waals surface area contributed by atoms with Crippen molar-refractivity contribution in [1.82, 2.24) is 0 Å². The van der Waals surface area contributed by atoms with Crippen LogP contribution in [-0.4, -0.2) is 12.3 Å². The maximum Gasteiger partial charge on any atom is 0.167 e. The summed E-state index contributed by atoms with van der Waals surface area (Å²) in [6.45, 7) is 6.09. The number of Topliss-reactive ketones (excluding diaryl/α,β-unsaturated/α-hetero) is 1. The van der Waals surface area contributed by atoms with Gasteiger partial charge in [0.25, 0.3) is 0 Å². The van der Waals surface area contributed by atoms with Gasteiger partial charge in [0.2, 0.25) is 0 Å². The summed E-state index contributed by atoms with van der Waals surface area (Å²) in [5.41, 5.74) is 6.58. The molecule has 0 saturated heterocycles. The maximum absolute atomic E-state index is 13.4. The second-order valence-electron chi connectivity index (χ2n) is 4.89. The Morgan fingerprint density at radius 2 is 2.06 bits per heavy atom. The zero-order valence-corrected chi connectivity index (χ0v) is 10.7. The van der Waals surface area contributed by atoms with Crippen molar-refractivity contribution in [2.45, 2.75) is 27.2 Å². The number of rotatable bonds is 5. The van der Waals surface area contributed by atoms with Crippen molar-refractivity contribution < 1.29 is 9.18 Å². The molecule has 2 N–H and O–H groups in total. The van der Waals surface area contributed by atoms with Crippen LogP contribution in [0.3, 0.4) is 0 Å². The second-order valence-corrected chi connectivity index (χ2v) is 4.89.